The summed E-state index contributed by atoms with van der Waals surface area (Å²) in [5.74, 6) is 0.272. The van der Waals surface area contributed by atoms with Gasteiger partial charge in [0.15, 0.2) is 0 Å². The van der Waals surface area contributed by atoms with Crippen LogP contribution in [-0.2, 0) is 17.9 Å². The number of nitrogens with zero attached hydrogens (tertiary/aromatic N) is 2. The van der Waals surface area contributed by atoms with E-state index in [4.69, 9.17) is 0 Å². The summed E-state index contributed by atoms with van der Waals surface area (Å²) in [6.07, 6.45) is 0.618. The van der Waals surface area contributed by atoms with Crippen LogP contribution in [-0.4, -0.2) is 21.9 Å². The van der Waals surface area contributed by atoms with E-state index in [-0.39, 0.29) is 11.3 Å². The van der Waals surface area contributed by atoms with Gasteiger partial charge in [-0.2, -0.15) is 0 Å². The largest absolute Gasteiger partial charge is 0.341 e. The van der Waals surface area contributed by atoms with Gasteiger partial charge in [0.25, 0.3) is 0 Å². The fraction of sp³-hybridized carbons (Fsp3) is 0.471. The van der Waals surface area contributed by atoms with Crippen LogP contribution in [0.1, 0.15) is 32.9 Å². The molecule has 1 amide bonds. The van der Waals surface area contributed by atoms with Crippen molar-refractivity contribution in [1.82, 2.24) is 9.47 Å². The molecule has 0 saturated carbocycles. The quantitative estimate of drug-likeness (QED) is 0.779. The normalized spacial score (nSPS) is 15.4. The molecule has 106 valence electrons. The Labute approximate surface area is 120 Å². The molecular weight excluding hydrogens is 248 g/mol. The van der Waals surface area contributed by atoms with Gasteiger partial charge >= 0.3 is 0 Å². The number of hydrogen-bond donors (Lipinski definition) is 0. The number of fused-ring (bicyclic) bond motifs is 3. The van der Waals surface area contributed by atoms with Gasteiger partial charge in [-0.1, -0.05) is 39.0 Å². The molecule has 0 spiro atoms. The minimum atomic E-state index is 0.0568. The third-order valence-electron chi connectivity index (χ3n) is 3.88. The van der Waals surface area contributed by atoms with E-state index in [0.717, 1.165) is 19.6 Å². The van der Waals surface area contributed by atoms with Crippen molar-refractivity contribution in [2.24, 2.45) is 5.41 Å². The molecule has 1 aromatic carbocycles. The fourth-order valence-corrected chi connectivity index (χ4v) is 2.94. The van der Waals surface area contributed by atoms with Crippen molar-refractivity contribution in [3.63, 3.8) is 0 Å². The molecule has 1 aliphatic rings. The average Bonchev–Trinajstić information content (AvgIpc) is 2.74. The van der Waals surface area contributed by atoms with E-state index in [2.05, 4.69) is 55.7 Å². The molecule has 0 aliphatic carbocycles. The van der Waals surface area contributed by atoms with E-state index >= 15 is 0 Å². The van der Waals surface area contributed by atoms with Crippen LogP contribution in [0.15, 0.2) is 30.3 Å². The third-order valence-corrected chi connectivity index (χ3v) is 3.88. The second-order valence-electron chi connectivity index (χ2n) is 6.90. The Balaban J connectivity index is 1.84. The van der Waals surface area contributed by atoms with Crippen LogP contribution in [0, 0.1) is 5.41 Å². The maximum absolute atomic E-state index is 12.4. The van der Waals surface area contributed by atoms with Crippen molar-refractivity contribution < 1.29 is 4.79 Å². The van der Waals surface area contributed by atoms with E-state index in [9.17, 15) is 4.79 Å². The number of amides is 1. The molecule has 0 fully saturated rings. The van der Waals surface area contributed by atoms with Crippen LogP contribution >= 0.6 is 0 Å². The summed E-state index contributed by atoms with van der Waals surface area (Å²) >= 11 is 0. The van der Waals surface area contributed by atoms with E-state index in [0.29, 0.717) is 6.42 Å². The van der Waals surface area contributed by atoms with Gasteiger partial charge in [-0.15, -0.1) is 0 Å². The van der Waals surface area contributed by atoms with Gasteiger partial charge in [0.1, 0.15) is 0 Å². The Morgan fingerprint density at radius 1 is 1.20 bits per heavy atom. The highest BCUT2D eigenvalue weighted by atomic mass is 16.2. The van der Waals surface area contributed by atoms with Crippen molar-refractivity contribution in [1.29, 1.82) is 0 Å². The molecule has 3 nitrogen and oxygen atoms in total. The van der Waals surface area contributed by atoms with Crippen molar-refractivity contribution in [3.8, 4) is 0 Å². The Kier molecular flexibility index (Phi) is 3.08. The maximum Gasteiger partial charge on any atom is 0.223 e. The molecule has 2 heterocycles. The molecular formula is C17H22N2O. The molecule has 0 saturated heterocycles. The van der Waals surface area contributed by atoms with Crippen LogP contribution in [0.3, 0.4) is 0 Å². The van der Waals surface area contributed by atoms with Crippen LogP contribution in [0.4, 0.5) is 0 Å². The third kappa shape index (κ3) is 2.45. The van der Waals surface area contributed by atoms with Crippen molar-refractivity contribution >= 4 is 16.8 Å². The number of aromatic nitrogens is 1. The minimum Gasteiger partial charge on any atom is -0.341 e. The van der Waals surface area contributed by atoms with Gasteiger partial charge in [-0.25, -0.2) is 0 Å². The lowest BCUT2D eigenvalue weighted by atomic mass is 9.91. The van der Waals surface area contributed by atoms with E-state index in [1.165, 1.54) is 16.6 Å². The van der Waals surface area contributed by atoms with Gasteiger partial charge in [-0.3, -0.25) is 4.79 Å². The lowest BCUT2D eigenvalue weighted by Crippen LogP contribution is -2.39. The summed E-state index contributed by atoms with van der Waals surface area (Å²) in [4.78, 5) is 14.4. The Hall–Kier alpha value is -1.77. The molecule has 3 heteroatoms. The second kappa shape index (κ2) is 4.65. The first kappa shape index (κ1) is 13.2. The lowest BCUT2D eigenvalue weighted by molar-refractivity contribution is -0.134. The molecule has 0 unspecified atom stereocenters. The Morgan fingerprint density at radius 2 is 1.95 bits per heavy atom. The fourth-order valence-electron chi connectivity index (χ4n) is 2.94. The maximum atomic E-state index is 12.4. The number of para-hydroxylation sites is 1. The van der Waals surface area contributed by atoms with E-state index in [1.807, 2.05) is 4.90 Å². The molecule has 20 heavy (non-hydrogen) atoms. The van der Waals surface area contributed by atoms with Gasteiger partial charge in [0.2, 0.25) is 5.91 Å². The Bertz CT molecular complexity index is 649. The number of rotatable bonds is 1. The summed E-state index contributed by atoms with van der Waals surface area (Å²) in [6.45, 7) is 8.81. The first-order chi connectivity index (χ1) is 9.44. The molecule has 1 aliphatic heterocycles. The highest BCUT2D eigenvalue weighted by Crippen LogP contribution is 2.26. The molecule has 3 rings (SSSR count). The van der Waals surface area contributed by atoms with Crippen molar-refractivity contribution in [3.05, 3.63) is 36.0 Å². The zero-order chi connectivity index (χ0) is 14.3. The van der Waals surface area contributed by atoms with Crippen LogP contribution in [0.25, 0.3) is 10.9 Å². The van der Waals surface area contributed by atoms with E-state index < -0.39 is 0 Å². The average molecular weight is 270 g/mol. The summed E-state index contributed by atoms with van der Waals surface area (Å²) in [6, 6.07) is 10.7. The smallest absolute Gasteiger partial charge is 0.223 e. The zero-order valence-corrected chi connectivity index (χ0v) is 12.5. The number of carbonyl (C=O) groups excluding carboxylic acids is 1. The van der Waals surface area contributed by atoms with Crippen molar-refractivity contribution in [2.45, 2.75) is 40.3 Å². The van der Waals surface area contributed by atoms with Crippen LogP contribution < -0.4 is 0 Å². The SMILES string of the molecule is CC(C)(C)CC(=O)N1CCn2c(cc3ccccc32)C1. The molecule has 2 aromatic rings. The lowest BCUT2D eigenvalue weighted by Gasteiger charge is -2.31. The molecule has 0 bridgehead atoms. The summed E-state index contributed by atoms with van der Waals surface area (Å²) in [5.41, 5.74) is 2.59. The standard InChI is InChI=1S/C17H22N2O/c1-17(2,3)11-16(20)18-8-9-19-14(12-18)10-13-6-4-5-7-15(13)19/h4-7,10H,8-9,11-12H2,1-3H3. The summed E-state index contributed by atoms with van der Waals surface area (Å²) in [7, 11) is 0. The molecule has 0 atom stereocenters. The number of carbonyl (C=O) groups is 1. The highest BCUT2D eigenvalue weighted by molar-refractivity contribution is 5.82. The highest BCUT2D eigenvalue weighted by Gasteiger charge is 2.25. The van der Waals surface area contributed by atoms with Crippen LogP contribution in [0.5, 0.6) is 0 Å². The number of benzene rings is 1. The molecule has 0 N–H and O–H groups in total. The molecule has 0 radical (unpaired) electrons. The Morgan fingerprint density at radius 3 is 2.70 bits per heavy atom. The summed E-state index contributed by atoms with van der Waals surface area (Å²) < 4.78 is 2.34. The van der Waals surface area contributed by atoms with Crippen molar-refractivity contribution in [2.75, 3.05) is 6.54 Å². The topological polar surface area (TPSA) is 25.2 Å². The first-order valence-corrected chi connectivity index (χ1v) is 7.29. The predicted molar refractivity (Wildman–Crippen MR) is 81.4 cm³/mol. The zero-order valence-electron chi connectivity index (χ0n) is 12.5. The monoisotopic (exact) mass is 270 g/mol. The summed E-state index contributed by atoms with van der Waals surface area (Å²) in [5, 5.41) is 1.27. The van der Waals surface area contributed by atoms with E-state index in [1.54, 1.807) is 0 Å². The van der Waals surface area contributed by atoms with Gasteiger partial charge in [-0.05, 0) is 22.9 Å². The molecule has 1 aromatic heterocycles. The predicted octanol–water partition coefficient (Wildman–Crippen LogP) is 3.42. The van der Waals surface area contributed by atoms with Gasteiger partial charge in [0, 0.05) is 30.7 Å². The minimum absolute atomic E-state index is 0.0568. The first-order valence-electron chi connectivity index (χ1n) is 7.29. The van der Waals surface area contributed by atoms with Gasteiger partial charge in [0.05, 0.1) is 6.54 Å². The number of hydrogen-bond acceptors (Lipinski definition) is 1. The van der Waals surface area contributed by atoms with Crippen LogP contribution in [0.2, 0.25) is 0 Å². The van der Waals surface area contributed by atoms with Gasteiger partial charge < -0.3 is 9.47 Å². The second-order valence-corrected chi connectivity index (χ2v) is 6.90.